The summed E-state index contributed by atoms with van der Waals surface area (Å²) in [5, 5.41) is 9.08. The van der Waals surface area contributed by atoms with Crippen molar-refractivity contribution in [1.82, 2.24) is 0 Å². The van der Waals surface area contributed by atoms with E-state index in [9.17, 15) is 4.21 Å². The summed E-state index contributed by atoms with van der Waals surface area (Å²) in [5.74, 6) is 0.118. The lowest BCUT2D eigenvalue weighted by Crippen LogP contribution is -2.06. The van der Waals surface area contributed by atoms with Crippen molar-refractivity contribution in [3.8, 4) is 6.07 Å². The lowest BCUT2D eigenvalue weighted by atomic mass is 10.3. The van der Waals surface area contributed by atoms with Crippen LogP contribution < -0.4 is 0 Å². The van der Waals surface area contributed by atoms with Gasteiger partial charge in [-0.15, -0.1) is 0 Å². The van der Waals surface area contributed by atoms with E-state index in [-0.39, 0.29) is 5.92 Å². The molecule has 0 aliphatic carbocycles. The van der Waals surface area contributed by atoms with Gasteiger partial charge in [0, 0.05) is 5.75 Å². The Bertz CT molecular complexity index is 386. The number of hydrogen-bond donors (Lipinski definition) is 0. The molecule has 0 saturated carbocycles. The highest BCUT2D eigenvalue weighted by molar-refractivity contribution is 7.85. The zero-order valence-corrected chi connectivity index (χ0v) is 9.31. The van der Waals surface area contributed by atoms with Crippen LogP contribution in [0.3, 0.4) is 0 Å². The van der Waals surface area contributed by atoms with Crippen LogP contribution in [0.4, 0.5) is 0 Å². The number of benzene rings is 1. The van der Waals surface area contributed by atoms with E-state index in [1.165, 1.54) is 0 Å². The van der Waals surface area contributed by atoms with E-state index in [4.69, 9.17) is 16.9 Å². The highest BCUT2D eigenvalue weighted by atomic mass is 35.5. The predicted molar refractivity (Wildman–Crippen MR) is 57.5 cm³/mol. The van der Waals surface area contributed by atoms with Gasteiger partial charge in [-0.2, -0.15) is 5.26 Å². The first kappa shape index (κ1) is 11.2. The minimum absolute atomic E-state index is 0.216. The molecule has 0 N–H and O–H groups in total. The first-order chi connectivity index (χ1) is 6.65. The minimum Gasteiger partial charge on any atom is -0.254 e. The van der Waals surface area contributed by atoms with Crippen molar-refractivity contribution in [2.24, 2.45) is 5.92 Å². The quantitative estimate of drug-likeness (QED) is 0.797. The molecule has 1 rings (SSSR count). The Hall–Kier alpha value is -0.850. The predicted octanol–water partition coefficient (Wildman–Crippen LogP) is 2.61. The number of halogens is 1. The molecule has 0 bridgehead atoms. The second-order valence-corrected chi connectivity index (χ2v) is 4.84. The topological polar surface area (TPSA) is 40.9 Å². The normalized spacial score (nSPS) is 14.4. The molecule has 0 aliphatic heterocycles. The molecule has 1 aromatic rings. The highest BCUT2D eigenvalue weighted by Gasteiger charge is 2.11. The van der Waals surface area contributed by atoms with Crippen molar-refractivity contribution in [3.63, 3.8) is 0 Å². The van der Waals surface area contributed by atoms with Crippen LogP contribution in [0.15, 0.2) is 29.2 Å². The Morgan fingerprint density at radius 3 is 2.79 bits per heavy atom. The molecule has 0 saturated heterocycles. The molecular weight excluding hydrogens is 218 g/mol. The van der Waals surface area contributed by atoms with Gasteiger partial charge in [-0.05, 0) is 19.1 Å². The summed E-state index contributed by atoms with van der Waals surface area (Å²) in [6.45, 7) is 1.74. The van der Waals surface area contributed by atoms with Crippen molar-refractivity contribution >= 4 is 22.4 Å². The standard InChI is InChI=1S/C10H10ClNOS/c1-8(6-12)7-14(13)10-5-3-2-4-9(10)11/h2-5,8H,7H2,1H3. The maximum atomic E-state index is 11.7. The molecule has 74 valence electrons. The molecule has 0 fully saturated rings. The fraction of sp³-hybridized carbons (Fsp3) is 0.300. The third-order valence-electron chi connectivity index (χ3n) is 1.70. The van der Waals surface area contributed by atoms with Gasteiger partial charge in [0.25, 0.3) is 0 Å². The van der Waals surface area contributed by atoms with E-state index >= 15 is 0 Å². The van der Waals surface area contributed by atoms with E-state index in [0.717, 1.165) is 0 Å². The zero-order valence-electron chi connectivity index (χ0n) is 7.74. The smallest absolute Gasteiger partial charge is 0.0662 e. The Morgan fingerprint density at radius 2 is 2.21 bits per heavy atom. The van der Waals surface area contributed by atoms with Crippen molar-refractivity contribution in [1.29, 1.82) is 5.26 Å². The monoisotopic (exact) mass is 227 g/mol. The lowest BCUT2D eigenvalue weighted by molar-refractivity contribution is 0.676. The van der Waals surface area contributed by atoms with Crippen molar-refractivity contribution in [2.45, 2.75) is 11.8 Å². The molecule has 4 heteroatoms. The Balaban J connectivity index is 2.81. The Labute approximate surface area is 91.0 Å². The van der Waals surface area contributed by atoms with Crippen molar-refractivity contribution in [2.75, 3.05) is 5.75 Å². The van der Waals surface area contributed by atoms with Gasteiger partial charge < -0.3 is 0 Å². The molecule has 2 nitrogen and oxygen atoms in total. The summed E-state index contributed by atoms with van der Waals surface area (Å²) in [6.07, 6.45) is 0. The molecule has 0 amide bonds. The first-order valence-electron chi connectivity index (χ1n) is 4.17. The molecule has 1 aromatic carbocycles. The fourth-order valence-corrected chi connectivity index (χ4v) is 2.60. The number of nitrogens with zero attached hydrogens (tertiary/aromatic N) is 1. The summed E-state index contributed by atoms with van der Waals surface area (Å²) < 4.78 is 11.7. The van der Waals surface area contributed by atoms with Gasteiger partial charge in [0.15, 0.2) is 0 Å². The summed E-state index contributed by atoms with van der Waals surface area (Å²) in [7, 11) is -1.18. The molecule has 0 spiro atoms. The summed E-state index contributed by atoms with van der Waals surface area (Å²) in [6, 6.07) is 9.05. The number of nitriles is 1. The lowest BCUT2D eigenvalue weighted by Gasteiger charge is -2.04. The fourth-order valence-electron chi connectivity index (χ4n) is 0.983. The summed E-state index contributed by atoms with van der Waals surface area (Å²) in [4.78, 5) is 0.608. The van der Waals surface area contributed by atoms with E-state index in [0.29, 0.717) is 15.7 Å². The van der Waals surface area contributed by atoms with Crippen LogP contribution in [0.2, 0.25) is 5.02 Å². The van der Waals surface area contributed by atoms with Crippen LogP contribution in [0.1, 0.15) is 6.92 Å². The van der Waals surface area contributed by atoms with Gasteiger partial charge in [0.05, 0.1) is 32.7 Å². The average molecular weight is 228 g/mol. The second kappa shape index (κ2) is 5.14. The van der Waals surface area contributed by atoms with E-state index in [1.807, 2.05) is 6.07 Å². The molecule has 14 heavy (non-hydrogen) atoms. The second-order valence-electron chi connectivity index (χ2n) is 2.97. The third kappa shape index (κ3) is 2.83. The maximum Gasteiger partial charge on any atom is 0.0662 e. The molecule has 0 radical (unpaired) electrons. The van der Waals surface area contributed by atoms with Gasteiger partial charge in [-0.25, -0.2) is 0 Å². The largest absolute Gasteiger partial charge is 0.254 e. The van der Waals surface area contributed by atoms with Crippen LogP contribution in [0.25, 0.3) is 0 Å². The third-order valence-corrected chi connectivity index (χ3v) is 3.79. The van der Waals surface area contributed by atoms with Crippen LogP contribution in [0, 0.1) is 17.2 Å². The van der Waals surface area contributed by atoms with Crippen LogP contribution >= 0.6 is 11.6 Å². The minimum atomic E-state index is -1.18. The van der Waals surface area contributed by atoms with E-state index < -0.39 is 10.8 Å². The maximum absolute atomic E-state index is 11.7. The molecule has 0 aromatic heterocycles. The van der Waals surface area contributed by atoms with E-state index in [2.05, 4.69) is 0 Å². The highest BCUT2D eigenvalue weighted by Crippen LogP contribution is 2.19. The molecule has 0 aliphatic rings. The van der Waals surface area contributed by atoms with Crippen LogP contribution in [-0.4, -0.2) is 9.96 Å². The Kier molecular flexibility index (Phi) is 4.12. The zero-order chi connectivity index (χ0) is 10.6. The van der Waals surface area contributed by atoms with Crippen LogP contribution in [-0.2, 0) is 10.8 Å². The average Bonchev–Trinajstić information content (AvgIpc) is 2.18. The molecule has 0 heterocycles. The van der Waals surface area contributed by atoms with Crippen molar-refractivity contribution < 1.29 is 4.21 Å². The summed E-state index contributed by atoms with van der Waals surface area (Å²) in [5.41, 5.74) is 0. The van der Waals surface area contributed by atoms with Crippen LogP contribution in [0.5, 0.6) is 0 Å². The summed E-state index contributed by atoms with van der Waals surface area (Å²) >= 11 is 5.87. The van der Waals surface area contributed by atoms with Crippen molar-refractivity contribution in [3.05, 3.63) is 29.3 Å². The van der Waals surface area contributed by atoms with Gasteiger partial charge in [-0.3, -0.25) is 4.21 Å². The van der Waals surface area contributed by atoms with E-state index in [1.54, 1.807) is 31.2 Å². The van der Waals surface area contributed by atoms with Gasteiger partial charge in [-0.1, -0.05) is 23.7 Å². The molecule has 2 unspecified atom stereocenters. The first-order valence-corrected chi connectivity index (χ1v) is 5.87. The van der Waals surface area contributed by atoms with Gasteiger partial charge in [0.1, 0.15) is 0 Å². The molecule has 2 atom stereocenters. The SMILES string of the molecule is CC(C#N)CS(=O)c1ccccc1Cl. The molecular formula is C10H10ClNOS. The van der Waals surface area contributed by atoms with Gasteiger partial charge >= 0.3 is 0 Å². The number of hydrogen-bond acceptors (Lipinski definition) is 2. The Morgan fingerprint density at radius 1 is 1.57 bits per heavy atom. The van der Waals surface area contributed by atoms with Gasteiger partial charge in [0.2, 0.25) is 0 Å². The number of rotatable bonds is 3.